The first-order valence-electron chi connectivity index (χ1n) is 9.19. The first-order valence-corrected chi connectivity index (χ1v) is 9.19. The number of allylic oxidation sites excluding steroid dienone is 1. The second kappa shape index (κ2) is 5.78. The Morgan fingerprint density at radius 3 is 2.30 bits per heavy atom. The van der Waals surface area contributed by atoms with Crippen molar-refractivity contribution in [3.8, 4) is 0 Å². The van der Waals surface area contributed by atoms with E-state index < -0.39 is 0 Å². The van der Waals surface area contributed by atoms with Gasteiger partial charge in [0.1, 0.15) is 0 Å². The zero-order valence-corrected chi connectivity index (χ0v) is 15.1. The lowest BCUT2D eigenvalue weighted by atomic mass is 9.84. The molecule has 4 aromatic rings. The van der Waals surface area contributed by atoms with Crippen LogP contribution >= 0.6 is 0 Å². The fraction of sp³-hybridized carbons (Fsp3) is 0.0833. The van der Waals surface area contributed by atoms with Gasteiger partial charge in [-0.1, -0.05) is 48.5 Å². The van der Waals surface area contributed by atoms with E-state index in [2.05, 4.69) is 54.0 Å². The van der Waals surface area contributed by atoms with E-state index in [9.17, 15) is 0 Å². The second-order valence-corrected chi connectivity index (χ2v) is 6.89. The molecule has 0 saturated carbocycles. The molecule has 0 fully saturated rings. The summed E-state index contributed by atoms with van der Waals surface area (Å²) in [5.74, 6) is 0. The van der Waals surface area contributed by atoms with Crippen LogP contribution in [0.3, 0.4) is 0 Å². The molecule has 0 spiro atoms. The van der Waals surface area contributed by atoms with Gasteiger partial charge in [0.15, 0.2) is 0 Å². The SMILES string of the molecule is CCn1c2ccccc2c2cc(C3=CC(=N)C(=N)c4ccccc43)ccc21. The summed E-state index contributed by atoms with van der Waals surface area (Å²) in [6.45, 7) is 3.10. The van der Waals surface area contributed by atoms with Gasteiger partial charge >= 0.3 is 0 Å². The number of benzene rings is 3. The first-order chi connectivity index (χ1) is 13.2. The van der Waals surface area contributed by atoms with Gasteiger partial charge in [-0.2, -0.15) is 0 Å². The van der Waals surface area contributed by atoms with Crippen LogP contribution in [0.2, 0.25) is 0 Å². The van der Waals surface area contributed by atoms with Crippen LogP contribution in [0.25, 0.3) is 27.4 Å². The van der Waals surface area contributed by atoms with Crippen molar-refractivity contribution in [1.82, 2.24) is 4.57 Å². The van der Waals surface area contributed by atoms with Gasteiger partial charge in [-0.3, -0.25) is 10.8 Å². The average molecular weight is 349 g/mol. The van der Waals surface area contributed by atoms with Gasteiger partial charge < -0.3 is 4.57 Å². The third-order valence-electron chi connectivity index (χ3n) is 5.44. The van der Waals surface area contributed by atoms with Crippen molar-refractivity contribution in [3.63, 3.8) is 0 Å². The molecule has 1 aromatic heterocycles. The minimum absolute atomic E-state index is 0.264. The molecule has 1 aliphatic carbocycles. The van der Waals surface area contributed by atoms with Crippen molar-refractivity contribution in [3.05, 3.63) is 89.5 Å². The third-order valence-corrected chi connectivity index (χ3v) is 5.44. The Hall–Kier alpha value is -3.46. The van der Waals surface area contributed by atoms with E-state index in [-0.39, 0.29) is 11.4 Å². The molecule has 0 amide bonds. The van der Waals surface area contributed by atoms with Crippen LogP contribution in [-0.2, 0) is 6.54 Å². The average Bonchev–Trinajstić information content (AvgIpc) is 3.03. The smallest absolute Gasteiger partial charge is 0.0867 e. The van der Waals surface area contributed by atoms with Crippen molar-refractivity contribution >= 4 is 38.8 Å². The van der Waals surface area contributed by atoms with Crippen molar-refractivity contribution < 1.29 is 0 Å². The van der Waals surface area contributed by atoms with Crippen molar-refractivity contribution in [2.45, 2.75) is 13.5 Å². The van der Waals surface area contributed by atoms with E-state index in [4.69, 9.17) is 10.8 Å². The molecule has 0 unspecified atom stereocenters. The maximum atomic E-state index is 8.23. The number of rotatable bonds is 2. The topological polar surface area (TPSA) is 52.6 Å². The molecule has 0 aliphatic heterocycles. The predicted molar refractivity (Wildman–Crippen MR) is 113 cm³/mol. The maximum absolute atomic E-state index is 8.23. The van der Waals surface area contributed by atoms with Gasteiger partial charge in [-0.25, -0.2) is 0 Å². The molecular weight excluding hydrogens is 330 g/mol. The number of para-hydroxylation sites is 1. The quantitative estimate of drug-likeness (QED) is 0.470. The predicted octanol–water partition coefficient (Wildman–Crippen LogP) is 5.65. The van der Waals surface area contributed by atoms with E-state index in [0.717, 1.165) is 28.8 Å². The zero-order chi connectivity index (χ0) is 18.5. The Bertz CT molecular complexity index is 1290. The molecule has 27 heavy (non-hydrogen) atoms. The molecule has 0 saturated heterocycles. The lowest BCUT2D eigenvalue weighted by Gasteiger charge is -2.19. The van der Waals surface area contributed by atoms with Crippen molar-refractivity contribution in [2.75, 3.05) is 0 Å². The largest absolute Gasteiger partial charge is 0.341 e. The van der Waals surface area contributed by atoms with Gasteiger partial charge in [0.2, 0.25) is 0 Å². The first kappa shape index (κ1) is 15.8. The highest BCUT2D eigenvalue weighted by atomic mass is 15.0. The Labute approximate surface area is 157 Å². The number of nitrogens with zero attached hydrogens (tertiary/aromatic N) is 1. The number of hydrogen-bond acceptors (Lipinski definition) is 2. The number of aromatic nitrogens is 1. The molecular formula is C24H19N3. The number of nitrogens with one attached hydrogen (secondary N) is 2. The van der Waals surface area contributed by atoms with Crippen LogP contribution in [0.1, 0.15) is 23.6 Å². The zero-order valence-electron chi connectivity index (χ0n) is 15.1. The molecule has 0 radical (unpaired) electrons. The molecule has 0 atom stereocenters. The van der Waals surface area contributed by atoms with Crippen LogP contribution in [0.15, 0.2) is 72.8 Å². The summed E-state index contributed by atoms with van der Waals surface area (Å²) in [6.07, 6.45) is 1.82. The Morgan fingerprint density at radius 2 is 1.48 bits per heavy atom. The number of hydrogen-bond donors (Lipinski definition) is 2. The van der Waals surface area contributed by atoms with Crippen molar-refractivity contribution in [2.24, 2.45) is 0 Å². The van der Waals surface area contributed by atoms with Gasteiger partial charge in [-0.05, 0) is 47.9 Å². The monoisotopic (exact) mass is 349 g/mol. The molecule has 3 nitrogen and oxygen atoms in total. The van der Waals surface area contributed by atoms with E-state index in [1.165, 1.54) is 21.8 Å². The maximum Gasteiger partial charge on any atom is 0.0867 e. The summed E-state index contributed by atoms with van der Waals surface area (Å²) < 4.78 is 2.34. The highest BCUT2D eigenvalue weighted by Gasteiger charge is 2.21. The van der Waals surface area contributed by atoms with E-state index in [1.807, 2.05) is 30.3 Å². The standard InChI is InChI=1S/C24H19N3/c1-2-27-22-10-6-5-8-17(22)20-13-15(11-12-23(20)27)19-14-21(25)24(26)18-9-4-3-7-16(18)19/h3-14,25-26H,2H2,1H3. The summed E-state index contributed by atoms with van der Waals surface area (Å²) in [7, 11) is 0. The van der Waals surface area contributed by atoms with Gasteiger partial charge in [0, 0.05) is 33.9 Å². The molecule has 5 rings (SSSR count). The highest BCUT2D eigenvalue weighted by Crippen LogP contribution is 2.35. The normalized spacial score (nSPS) is 13.9. The van der Waals surface area contributed by atoms with Crippen molar-refractivity contribution in [1.29, 1.82) is 10.8 Å². The third kappa shape index (κ3) is 2.21. The lowest BCUT2D eigenvalue weighted by molar-refractivity contribution is 0.827. The summed E-state index contributed by atoms with van der Waals surface area (Å²) in [5.41, 5.74) is 6.99. The summed E-state index contributed by atoms with van der Waals surface area (Å²) in [5, 5.41) is 18.9. The second-order valence-electron chi connectivity index (χ2n) is 6.89. The summed E-state index contributed by atoms with van der Waals surface area (Å²) in [6, 6.07) is 23.0. The summed E-state index contributed by atoms with van der Waals surface area (Å²) in [4.78, 5) is 0. The Balaban J connectivity index is 1.80. The molecule has 1 aliphatic rings. The number of aryl methyl sites for hydroxylation is 1. The van der Waals surface area contributed by atoms with Crippen LogP contribution in [0, 0.1) is 10.8 Å². The Morgan fingerprint density at radius 1 is 0.778 bits per heavy atom. The van der Waals surface area contributed by atoms with Crippen LogP contribution in [0.4, 0.5) is 0 Å². The highest BCUT2D eigenvalue weighted by molar-refractivity contribution is 6.53. The van der Waals surface area contributed by atoms with Crippen LogP contribution in [0.5, 0.6) is 0 Å². The Kier molecular flexibility index (Phi) is 3.37. The fourth-order valence-corrected chi connectivity index (χ4v) is 4.18. The van der Waals surface area contributed by atoms with Gasteiger partial charge in [0.25, 0.3) is 0 Å². The van der Waals surface area contributed by atoms with Gasteiger partial charge in [0.05, 0.1) is 11.4 Å². The molecule has 1 heterocycles. The van der Waals surface area contributed by atoms with E-state index in [1.54, 1.807) is 0 Å². The minimum Gasteiger partial charge on any atom is -0.341 e. The molecule has 2 N–H and O–H groups in total. The van der Waals surface area contributed by atoms with Gasteiger partial charge in [-0.15, -0.1) is 0 Å². The minimum atomic E-state index is 0.264. The number of fused-ring (bicyclic) bond motifs is 4. The molecule has 3 aromatic carbocycles. The lowest BCUT2D eigenvalue weighted by Crippen LogP contribution is -2.18. The van der Waals surface area contributed by atoms with Crippen LogP contribution < -0.4 is 0 Å². The molecule has 3 heteroatoms. The summed E-state index contributed by atoms with van der Waals surface area (Å²) >= 11 is 0. The van der Waals surface area contributed by atoms with E-state index in [0.29, 0.717) is 0 Å². The molecule has 0 bridgehead atoms. The fourth-order valence-electron chi connectivity index (χ4n) is 4.18. The van der Waals surface area contributed by atoms with E-state index >= 15 is 0 Å². The molecule has 130 valence electrons. The van der Waals surface area contributed by atoms with Crippen LogP contribution in [-0.4, -0.2) is 16.0 Å².